The molecule has 0 saturated heterocycles. The van der Waals surface area contributed by atoms with Gasteiger partial charge in [-0.1, -0.05) is 0 Å². The Morgan fingerprint density at radius 2 is 0.941 bits per heavy atom. The Labute approximate surface area is 298 Å². The van der Waals surface area contributed by atoms with Gasteiger partial charge in [0.25, 0.3) is 0 Å². The summed E-state index contributed by atoms with van der Waals surface area (Å²) in [5.41, 5.74) is 11.6. The number of benzene rings is 6. The van der Waals surface area contributed by atoms with E-state index < -0.39 is 0 Å². The number of hydrogen-bond donors (Lipinski definition) is 0. The molecule has 11 aromatic rings. The molecular formula is C45H27N5Se. The minimum atomic E-state index is -0.00242. The van der Waals surface area contributed by atoms with Crippen molar-refractivity contribution in [1.82, 2.24) is 24.3 Å². The van der Waals surface area contributed by atoms with Gasteiger partial charge in [0.2, 0.25) is 0 Å². The van der Waals surface area contributed by atoms with Crippen LogP contribution in [0.3, 0.4) is 0 Å². The molecule has 238 valence electrons. The third-order valence-corrected chi connectivity index (χ3v) is 12.3. The Kier molecular flexibility index (Phi) is 6.20. The monoisotopic (exact) mass is 717 g/mol. The first-order valence-corrected chi connectivity index (χ1v) is 18.7. The van der Waals surface area contributed by atoms with Crippen LogP contribution in [0.25, 0.3) is 96.7 Å². The number of para-hydroxylation sites is 4. The van der Waals surface area contributed by atoms with Crippen molar-refractivity contribution >= 4 is 77.5 Å². The third kappa shape index (κ3) is 4.24. The first-order valence-electron chi connectivity index (χ1n) is 17.0. The summed E-state index contributed by atoms with van der Waals surface area (Å²) >= 11 is -0.00242. The normalized spacial score (nSPS) is 11.9. The number of nitrogens with zero attached hydrogens (tertiary/aromatic N) is 5. The Morgan fingerprint density at radius 3 is 1.53 bits per heavy atom. The van der Waals surface area contributed by atoms with Gasteiger partial charge in [-0.15, -0.1) is 0 Å². The van der Waals surface area contributed by atoms with Crippen LogP contribution in [0.2, 0.25) is 0 Å². The van der Waals surface area contributed by atoms with Gasteiger partial charge in [-0.2, -0.15) is 0 Å². The van der Waals surface area contributed by atoms with E-state index in [0.717, 1.165) is 38.0 Å². The summed E-state index contributed by atoms with van der Waals surface area (Å²) in [7, 11) is 0. The second-order valence-electron chi connectivity index (χ2n) is 12.9. The van der Waals surface area contributed by atoms with Gasteiger partial charge in [-0.3, -0.25) is 0 Å². The van der Waals surface area contributed by atoms with Crippen molar-refractivity contribution < 1.29 is 0 Å². The summed E-state index contributed by atoms with van der Waals surface area (Å²) in [5.74, 6) is 0. The van der Waals surface area contributed by atoms with Crippen LogP contribution in [-0.4, -0.2) is 38.8 Å². The first-order chi connectivity index (χ1) is 25.3. The fourth-order valence-electron chi connectivity index (χ4n) is 7.99. The van der Waals surface area contributed by atoms with E-state index in [-0.39, 0.29) is 14.5 Å². The Balaban J connectivity index is 1.15. The van der Waals surface area contributed by atoms with Crippen LogP contribution in [0.4, 0.5) is 0 Å². The zero-order valence-electron chi connectivity index (χ0n) is 27.2. The van der Waals surface area contributed by atoms with Crippen LogP contribution in [0.15, 0.2) is 164 Å². The van der Waals surface area contributed by atoms with Crippen molar-refractivity contribution in [2.75, 3.05) is 0 Å². The Bertz CT molecular complexity index is 2920. The third-order valence-electron chi connectivity index (χ3n) is 10.2. The molecule has 5 nitrogen and oxygen atoms in total. The second kappa shape index (κ2) is 11.1. The SMILES string of the molecule is c1ccc(-n2c3ccccc3c3cc(-c4cncc5[se]c6nncc(-c7ccc8c(c7)c7ccccc7n8-c7ccccc7)c6c45)ccc32)cc1. The molecule has 11 rings (SSSR count). The maximum absolute atomic E-state index is 4.78. The van der Waals surface area contributed by atoms with Gasteiger partial charge in [-0.25, -0.2) is 0 Å². The zero-order chi connectivity index (χ0) is 33.5. The molecule has 0 fully saturated rings. The van der Waals surface area contributed by atoms with E-state index in [2.05, 4.69) is 160 Å². The number of hydrogen-bond acceptors (Lipinski definition) is 3. The Morgan fingerprint density at radius 1 is 0.431 bits per heavy atom. The fraction of sp³-hybridized carbons (Fsp3) is 0. The summed E-state index contributed by atoms with van der Waals surface area (Å²) in [6, 6.07) is 52.3. The summed E-state index contributed by atoms with van der Waals surface area (Å²) < 4.78 is 7.01. The number of fused-ring (bicyclic) bond motifs is 9. The number of pyridine rings is 1. The summed E-state index contributed by atoms with van der Waals surface area (Å²) in [5, 5.41) is 16.6. The molecule has 0 saturated carbocycles. The first kappa shape index (κ1) is 28.5. The molecule has 0 amide bonds. The fourth-order valence-corrected chi connectivity index (χ4v) is 10.2. The van der Waals surface area contributed by atoms with Gasteiger partial charge in [-0.05, 0) is 0 Å². The van der Waals surface area contributed by atoms with Crippen molar-refractivity contribution in [2.24, 2.45) is 0 Å². The molecule has 0 bridgehead atoms. The van der Waals surface area contributed by atoms with Gasteiger partial charge in [0.1, 0.15) is 0 Å². The molecule has 0 atom stereocenters. The van der Waals surface area contributed by atoms with E-state index in [1.54, 1.807) is 0 Å². The van der Waals surface area contributed by atoms with E-state index in [1.807, 2.05) is 18.6 Å². The van der Waals surface area contributed by atoms with Gasteiger partial charge >= 0.3 is 300 Å². The molecule has 0 radical (unpaired) electrons. The van der Waals surface area contributed by atoms with Gasteiger partial charge < -0.3 is 0 Å². The molecule has 0 spiro atoms. The van der Waals surface area contributed by atoms with Crippen molar-refractivity contribution in [3.8, 4) is 33.6 Å². The minimum absolute atomic E-state index is 0.00242. The molecule has 0 unspecified atom stereocenters. The number of rotatable bonds is 4. The maximum atomic E-state index is 4.78. The molecule has 5 heterocycles. The Hall–Kier alpha value is -6.33. The molecule has 6 heteroatoms. The van der Waals surface area contributed by atoms with Crippen LogP contribution in [0, 0.1) is 0 Å². The van der Waals surface area contributed by atoms with E-state index in [4.69, 9.17) is 10.1 Å². The van der Waals surface area contributed by atoms with Crippen LogP contribution in [-0.2, 0) is 0 Å². The average Bonchev–Trinajstić information content (AvgIpc) is 3.86. The van der Waals surface area contributed by atoms with E-state index in [0.29, 0.717) is 0 Å². The molecule has 0 aliphatic rings. The van der Waals surface area contributed by atoms with Crippen LogP contribution < -0.4 is 0 Å². The molecule has 5 aromatic heterocycles. The van der Waals surface area contributed by atoms with Crippen LogP contribution >= 0.6 is 0 Å². The van der Waals surface area contributed by atoms with Gasteiger partial charge in [0.05, 0.1) is 0 Å². The van der Waals surface area contributed by atoms with Crippen molar-refractivity contribution in [3.63, 3.8) is 0 Å². The standard InChI is InChI=1S/C45H27N5Se/c1-3-11-30(12-4-1)49-38-17-9-7-15-32(38)34-23-28(19-21-40(34)49)36-25-46-27-42-43(36)44-37(26-47-48-45(44)51-42)29-20-22-41-35(24-29)33-16-8-10-18-39(33)50(41)31-13-5-2-6-14-31/h1-27H. The van der Waals surface area contributed by atoms with Crippen molar-refractivity contribution in [3.05, 3.63) is 164 Å². The van der Waals surface area contributed by atoms with E-state index in [1.165, 1.54) is 58.6 Å². The topological polar surface area (TPSA) is 48.5 Å². The summed E-state index contributed by atoms with van der Waals surface area (Å²) in [6.07, 6.45) is 6.01. The average molecular weight is 717 g/mol. The van der Waals surface area contributed by atoms with Crippen molar-refractivity contribution in [1.29, 1.82) is 0 Å². The molecule has 6 aromatic carbocycles. The molecule has 0 aliphatic carbocycles. The predicted molar refractivity (Wildman–Crippen MR) is 211 cm³/mol. The zero-order valence-corrected chi connectivity index (χ0v) is 28.9. The van der Waals surface area contributed by atoms with E-state index in [9.17, 15) is 0 Å². The molecular weight excluding hydrogens is 689 g/mol. The molecule has 51 heavy (non-hydrogen) atoms. The molecule has 0 aliphatic heterocycles. The second-order valence-corrected chi connectivity index (χ2v) is 15.1. The quantitative estimate of drug-likeness (QED) is 0.170. The van der Waals surface area contributed by atoms with Crippen molar-refractivity contribution in [2.45, 2.75) is 0 Å². The molecule has 0 N–H and O–H groups in total. The van der Waals surface area contributed by atoms with E-state index >= 15 is 0 Å². The predicted octanol–water partition coefficient (Wildman–Crippen LogP) is 10.8. The number of aromatic nitrogens is 5. The van der Waals surface area contributed by atoms with Gasteiger partial charge in [0.15, 0.2) is 0 Å². The van der Waals surface area contributed by atoms with Gasteiger partial charge in [0, 0.05) is 0 Å². The summed E-state index contributed by atoms with van der Waals surface area (Å²) in [6.45, 7) is 0. The van der Waals surface area contributed by atoms with Crippen LogP contribution in [0.5, 0.6) is 0 Å². The summed E-state index contributed by atoms with van der Waals surface area (Å²) in [4.78, 5) is 4.78. The van der Waals surface area contributed by atoms with Crippen LogP contribution in [0.1, 0.15) is 0 Å².